The minimum atomic E-state index is -4.94. The highest BCUT2D eigenvalue weighted by Crippen LogP contribution is 2.45. The first-order valence-electron chi connectivity index (χ1n) is 8.19. The Hall–Kier alpha value is -2.35. The average Bonchev–Trinajstić information content (AvgIpc) is 2.55. The van der Waals surface area contributed by atoms with Crippen LogP contribution in [0.15, 0.2) is 42.7 Å². The van der Waals surface area contributed by atoms with Crippen LogP contribution in [0.3, 0.4) is 0 Å². The van der Waals surface area contributed by atoms with Crippen LogP contribution in [0.4, 0.5) is 17.6 Å². The van der Waals surface area contributed by atoms with Crippen molar-refractivity contribution < 1.29 is 32.1 Å². The molecule has 0 amide bonds. The van der Waals surface area contributed by atoms with Crippen LogP contribution in [0.25, 0.3) is 0 Å². The van der Waals surface area contributed by atoms with Gasteiger partial charge in [-0.25, -0.2) is 4.39 Å². The standard InChI is InChI=1S/C19H21F4NO3/c1-17(2,15-10-14(20)4-5-16(15)27-3)12-18(25,19(21,22)23)11-13-6-8-24(26)9-7-13/h4-10,25H,11-12H2,1-3H3. The molecule has 2 rings (SSSR count). The fourth-order valence-electron chi connectivity index (χ4n) is 3.20. The molecule has 27 heavy (non-hydrogen) atoms. The molecule has 148 valence electrons. The molecule has 1 N–H and O–H groups in total. The van der Waals surface area contributed by atoms with Crippen molar-refractivity contribution in [2.75, 3.05) is 7.11 Å². The van der Waals surface area contributed by atoms with Gasteiger partial charge in [-0.2, -0.15) is 17.9 Å². The number of benzene rings is 1. The number of pyridine rings is 1. The minimum absolute atomic E-state index is 0.156. The number of halogens is 4. The number of rotatable bonds is 6. The number of aromatic nitrogens is 1. The van der Waals surface area contributed by atoms with Gasteiger partial charge < -0.3 is 15.1 Å². The Balaban J connectivity index is 2.43. The van der Waals surface area contributed by atoms with Gasteiger partial charge in [-0.15, -0.1) is 0 Å². The summed E-state index contributed by atoms with van der Waals surface area (Å²) < 4.78 is 60.6. The molecule has 1 aromatic heterocycles. The molecular formula is C19H21F4NO3. The molecule has 0 spiro atoms. The third-order valence-electron chi connectivity index (χ3n) is 4.52. The second kappa shape index (κ2) is 7.34. The van der Waals surface area contributed by atoms with E-state index >= 15 is 0 Å². The van der Waals surface area contributed by atoms with E-state index in [1.807, 2.05) is 0 Å². The van der Waals surface area contributed by atoms with Crippen molar-refractivity contribution in [3.05, 3.63) is 64.9 Å². The molecule has 0 aliphatic rings. The largest absolute Gasteiger partial charge is 0.619 e. The summed E-state index contributed by atoms with van der Waals surface area (Å²) in [5.41, 5.74) is -3.96. The molecule has 0 saturated heterocycles. The van der Waals surface area contributed by atoms with E-state index in [1.54, 1.807) is 0 Å². The van der Waals surface area contributed by atoms with Crippen LogP contribution < -0.4 is 9.47 Å². The SMILES string of the molecule is COc1ccc(F)cc1C(C)(C)CC(O)(Cc1cc[n+]([O-])cc1)C(F)(F)F. The molecule has 2 aromatic rings. The van der Waals surface area contributed by atoms with E-state index in [-0.39, 0.29) is 16.9 Å². The fourth-order valence-corrected chi connectivity index (χ4v) is 3.20. The summed E-state index contributed by atoms with van der Waals surface area (Å²) in [5.74, 6) is -0.379. The summed E-state index contributed by atoms with van der Waals surface area (Å²) >= 11 is 0. The molecular weight excluding hydrogens is 366 g/mol. The van der Waals surface area contributed by atoms with E-state index in [4.69, 9.17) is 4.74 Å². The van der Waals surface area contributed by atoms with Gasteiger partial charge in [-0.1, -0.05) is 13.8 Å². The van der Waals surface area contributed by atoms with Gasteiger partial charge in [0.2, 0.25) is 0 Å². The molecule has 0 aliphatic heterocycles. The number of aliphatic hydroxyl groups is 1. The maximum atomic E-state index is 13.8. The Labute approximate surface area is 154 Å². The zero-order valence-electron chi connectivity index (χ0n) is 15.2. The molecule has 0 aliphatic carbocycles. The van der Waals surface area contributed by atoms with Crippen LogP contribution in [0, 0.1) is 11.0 Å². The Kier molecular flexibility index (Phi) is 5.70. The number of hydrogen-bond donors (Lipinski definition) is 1. The lowest BCUT2D eigenvalue weighted by Crippen LogP contribution is -2.51. The van der Waals surface area contributed by atoms with E-state index in [0.29, 0.717) is 4.73 Å². The number of methoxy groups -OCH3 is 1. The number of nitrogens with zero attached hydrogens (tertiary/aromatic N) is 1. The number of hydrogen-bond acceptors (Lipinski definition) is 3. The molecule has 1 atom stereocenters. The summed E-state index contributed by atoms with van der Waals surface area (Å²) in [6, 6.07) is 6.04. The van der Waals surface area contributed by atoms with E-state index in [9.17, 15) is 27.9 Å². The molecule has 8 heteroatoms. The second-order valence-electron chi connectivity index (χ2n) is 7.18. The predicted molar refractivity (Wildman–Crippen MR) is 90.7 cm³/mol. The first-order valence-corrected chi connectivity index (χ1v) is 8.19. The lowest BCUT2D eigenvalue weighted by Gasteiger charge is -2.38. The highest BCUT2D eigenvalue weighted by Gasteiger charge is 2.56. The summed E-state index contributed by atoms with van der Waals surface area (Å²) in [7, 11) is 1.34. The molecule has 0 radical (unpaired) electrons. The van der Waals surface area contributed by atoms with Gasteiger partial charge in [-0.3, -0.25) is 0 Å². The van der Waals surface area contributed by atoms with Gasteiger partial charge in [0.15, 0.2) is 18.0 Å². The van der Waals surface area contributed by atoms with Crippen LogP contribution in [-0.4, -0.2) is 24.0 Å². The highest BCUT2D eigenvalue weighted by molar-refractivity contribution is 5.40. The van der Waals surface area contributed by atoms with Crippen LogP contribution in [0.1, 0.15) is 31.4 Å². The fraction of sp³-hybridized carbons (Fsp3) is 0.421. The van der Waals surface area contributed by atoms with Gasteiger partial charge in [0.1, 0.15) is 11.6 Å². The Morgan fingerprint density at radius 3 is 2.22 bits per heavy atom. The minimum Gasteiger partial charge on any atom is -0.619 e. The van der Waals surface area contributed by atoms with Crippen molar-refractivity contribution in [3.63, 3.8) is 0 Å². The van der Waals surface area contributed by atoms with Crippen molar-refractivity contribution in [2.45, 2.75) is 43.9 Å². The average molecular weight is 387 g/mol. The Morgan fingerprint density at radius 1 is 1.11 bits per heavy atom. The third-order valence-corrected chi connectivity index (χ3v) is 4.52. The smallest absolute Gasteiger partial charge is 0.417 e. The van der Waals surface area contributed by atoms with Crippen molar-refractivity contribution in [3.8, 4) is 5.75 Å². The van der Waals surface area contributed by atoms with E-state index in [1.165, 1.54) is 39.2 Å². The van der Waals surface area contributed by atoms with Gasteiger partial charge in [0.05, 0.1) is 7.11 Å². The van der Waals surface area contributed by atoms with Crippen molar-refractivity contribution in [2.24, 2.45) is 0 Å². The van der Waals surface area contributed by atoms with Crippen molar-refractivity contribution in [1.29, 1.82) is 0 Å². The maximum Gasteiger partial charge on any atom is 0.417 e. The summed E-state index contributed by atoms with van der Waals surface area (Å²) in [6.45, 7) is 2.97. The molecule has 0 saturated carbocycles. The zero-order valence-corrected chi connectivity index (χ0v) is 15.2. The predicted octanol–water partition coefficient (Wildman–Crippen LogP) is 3.67. The van der Waals surface area contributed by atoms with E-state index in [0.717, 1.165) is 24.5 Å². The Morgan fingerprint density at radius 2 is 1.70 bits per heavy atom. The highest BCUT2D eigenvalue weighted by atomic mass is 19.4. The molecule has 1 aromatic carbocycles. The van der Waals surface area contributed by atoms with Gasteiger partial charge in [0.25, 0.3) is 0 Å². The number of ether oxygens (including phenoxy) is 1. The molecule has 0 bridgehead atoms. The van der Waals surface area contributed by atoms with E-state index in [2.05, 4.69) is 0 Å². The van der Waals surface area contributed by atoms with E-state index < -0.39 is 35.9 Å². The lowest BCUT2D eigenvalue weighted by atomic mass is 9.72. The van der Waals surface area contributed by atoms with Crippen LogP contribution in [-0.2, 0) is 11.8 Å². The van der Waals surface area contributed by atoms with Gasteiger partial charge in [0, 0.05) is 24.1 Å². The first-order chi connectivity index (χ1) is 12.4. The Bertz CT molecular complexity index is 791. The molecule has 1 unspecified atom stereocenters. The number of alkyl halides is 3. The molecule has 4 nitrogen and oxygen atoms in total. The van der Waals surface area contributed by atoms with Crippen molar-refractivity contribution in [1.82, 2.24) is 0 Å². The normalized spacial score (nSPS) is 14.7. The van der Waals surface area contributed by atoms with Crippen LogP contribution in [0.2, 0.25) is 0 Å². The second-order valence-corrected chi connectivity index (χ2v) is 7.18. The lowest BCUT2D eigenvalue weighted by molar-refractivity contribution is -0.605. The summed E-state index contributed by atoms with van der Waals surface area (Å²) in [5, 5.41) is 21.6. The topological polar surface area (TPSA) is 56.4 Å². The van der Waals surface area contributed by atoms with Crippen LogP contribution >= 0.6 is 0 Å². The van der Waals surface area contributed by atoms with Crippen molar-refractivity contribution >= 4 is 0 Å². The summed E-state index contributed by atoms with van der Waals surface area (Å²) in [6.07, 6.45) is -4.28. The first kappa shape index (κ1) is 21.0. The third kappa shape index (κ3) is 4.68. The van der Waals surface area contributed by atoms with Crippen LogP contribution in [0.5, 0.6) is 5.75 Å². The summed E-state index contributed by atoms with van der Waals surface area (Å²) in [4.78, 5) is 0. The maximum absolute atomic E-state index is 13.8. The monoisotopic (exact) mass is 387 g/mol. The molecule has 1 heterocycles. The van der Waals surface area contributed by atoms with Gasteiger partial charge in [-0.05, 0) is 35.6 Å². The van der Waals surface area contributed by atoms with Gasteiger partial charge >= 0.3 is 6.18 Å². The molecule has 0 fully saturated rings. The quantitative estimate of drug-likeness (QED) is 0.468. The zero-order chi connectivity index (χ0) is 20.5.